The van der Waals surface area contributed by atoms with E-state index in [1.54, 1.807) is 18.2 Å². The number of rotatable bonds is 12. The predicted molar refractivity (Wildman–Crippen MR) is 229 cm³/mol. The maximum atomic E-state index is 13.9. The van der Waals surface area contributed by atoms with Crippen LogP contribution in [-0.4, -0.2) is 105 Å². The highest BCUT2D eigenvalue weighted by Gasteiger charge is 2.34. The summed E-state index contributed by atoms with van der Waals surface area (Å²) in [7, 11) is -2.56. The van der Waals surface area contributed by atoms with Crippen molar-refractivity contribution in [3.8, 4) is 6.07 Å². The van der Waals surface area contributed by atoms with E-state index in [-0.39, 0.29) is 77.1 Å². The molecule has 6 heterocycles. The molecule has 65 heavy (non-hydrogen) atoms. The van der Waals surface area contributed by atoms with Gasteiger partial charge in [0.25, 0.3) is 12.0 Å². The second kappa shape index (κ2) is 18.1. The van der Waals surface area contributed by atoms with Gasteiger partial charge in [-0.15, -0.1) is 0 Å². The molecule has 0 bridgehead atoms. The highest BCUT2D eigenvalue weighted by Crippen LogP contribution is 2.36. The van der Waals surface area contributed by atoms with Crippen molar-refractivity contribution >= 4 is 55.7 Å². The number of alkyl halides is 5. The Morgan fingerprint density at radius 2 is 1.72 bits per heavy atom. The molecule has 8 rings (SSSR count). The van der Waals surface area contributed by atoms with Gasteiger partial charge in [0.15, 0.2) is 5.82 Å². The van der Waals surface area contributed by atoms with Crippen LogP contribution in [0.15, 0.2) is 58.4 Å². The predicted octanol–water partition coefficient (Wildman–Crippen LogP) is 5.82. The average Bonchev–Trinajstić information content (AvgIpc) is 3.60. The molecule has 3 aromatic heterocycles. The van der Waals surface area contributed by atoms with E-state index >= 15 is 0 Å². The van der Waals surface area contributed by atoms with Gasteiger partial charge in [0.1, 0.15) is 12.2 Å². The lowest BCUT2D eigenvalue weighted by atomic mass is 9.88. The molecule has 1 atom stereocenters. The summed E-state index contributed by atoms with van der Waals surface area (Å²) in [6.07, 6.45) is -3.38. The fourth-order valence-electron chi connectivity index (χ4n) is 9.09. The van der Waals surface area contributed by atoms with Gasteiger partial charge in [-0.1, -0.05) is 13.0 Å². The van der Waals surface area contributed by atoms with Gasteiger partial charge in [0.05, 0.1) is 27.6 Å². The number of anilines is 2. The van der Waals surface area contributed by atoms with E-state index in [2.05, 4.69) is 36.7 Å². The van der Waals surface area contributed by atoms with Gasteiger partial charge >= 0.3 is 12.2 Å². The van der Waals surface area contributed by atoms with Crippen LogP contribution in [0.5, 0.6) is 0 Å². The van der Waals surface area contributed by atoms with Crippen molar-refractivity contribution in [3.63, 3.8) is 0 Å². The fourth-order valence-corrected chi connectivity index (χ4v) is 10.6. The summed E-state index contributed by atoms with van der Waals surface area (Å²) in [4.78, 5) is 48.9. The number of halogens is 5. The minimum atomic E-state index is -4.56. The zero-order valence-corrected chi connectivity index (χ0v) is 36.3. The van der Waals surface area contributed by atoms with Crippen LogP contribution in [-0.2, 0) is 34.8 Å². The van der Waals surface area contributed by atoms with Crippen molar-refractivity contribution in [3.05, 3.63) is 81.3 Å². The number of likely N-dealkylation sites (tertiary alicyclic amines) is 1. The molecule has 3 amide bonds. The molecule has 3 aliphatic rings. The maximum absolute atomic E-state index is 13.9. The topological polar surface area (TPSA) is 191 Å². The van der Waals surface area contributed by atoms with Gasteiger partial charge in [0, 0.05) is 62.7 Å². The molecule has 344 valence electrons. The van der Waals surface area contributed by atoms with Gasteiger partial charge < -0.3 is 10.2 Å². The summed E-state index contributed by atoms with van der Waals surface area (Å²) in [5.74, 6) is -0.121. The SMILES string of the molecule is CC(Cc1cc(S(=O)(=O)N2CCC(Nc3ncc4cc(C(F)F)c(=O)n(C)c4n3)CC2)ccc1C#N)CN1CCC(c2ccc3c(N4CCC(=O)NC4=O)nn(CC(F)(F)F)c3c2)CC1. The number of imide groups is 1. The highest BCUT2D eigenvalue weighted by atomic mass is 32.2. The molecule has 3 saturated heterocycles. The number of sulfonamides is 1. The Kier molecular flexibility index (Phi) is 12.7. The lowest BCUT2D eigenvalue weighted by molar-refractivity contribution is -0.141. The highest BCUT2D eigenvalue weighted by molar-refractivity contribution is 7.89. The third-order valence-electron chi connectivity index (χ3n) is 12.4. The van der Waals surface area contributed by atoms with Gasteiger partial charge in [0.2, 0.25) is 21.9 Å². The molecule has 22 heteroatoms. The van der Waals surface area contributed by atoms with Crippen molar-refractivity contribution in [2.24, 2.45) is 13.0 Å². The first-order valence-electron chi connectivity index (χ1n) is 21.2. The Bertz CT molecular complexity index is 2870. The number of fused-ring (bicyclic) bond motifs is 2. The lowest BCUT2D eigenvalue weighted by Crippen LogP contribution is -2.49. The number of carbonyl (C=O) groups is 2. The smallest absolute Gasteiger partial charge is 0.351 e. The van der Waals surface area contributed by atoms with Crippen LogP contribution in [0.2, 0.25) is 0 Å². The molecule has 1 unspecified atom stereocenters. The summed E-state index contributed by atoms with van der Waals surface area (Å²) >= 11 is 0. The van der Waals surface area contributed by atoms with Gasteiger partial charge in [-0.25, -0.2) is 27.0 Å². The third kappa shape index (κ3) is 9.67. The number of aromatic nitrogens is 5. The van der Waals surface area contributed by atoms with Gasteiger partial charge in [-0.3, -0.25) is 29.1 Å². The van der Waals surface area contributed by atoms with E-state index < -0.39 is 52.2 Å². The van der Waals surface area contributed by atoms with Crippen molar-refractivity contribution in [2.45, 2.75) is 81.5 Å². The molecule has 5 aromatic rings. The Labute approximate surface area is 370 Å². The molecule has 0 spiro atoms. The van der Waals surface area contributed by atoms with E-state index in [1.807, 2.05) is 13.0 Å². The molecule has 0 saturated carbocycles. The monoisotopic (exact) mass is 923 g/mol. The first-order valence-corrected chi connectivity index (χ1v) is 22.7. The average molecular weight is 924 g/mol. The third-order valence-corrected chi connectivity index (χ3v) is 14.3. The van der Waals surface area contributed by atoms with Crippen molar-refractivity contribution < 1.29 is 40.0 Å². The number of pyridine rings is 1. The molecule has 2 aromatic carbocycles. The largest absolute Gasteiger partial charge is 0.408 e. The zero-order chi connectivity index (χ0) is 46.4. The Morgan fingerprint density at radius 1 is 0.985 bits per heavy atom. The number of benzene rings is 2. The number of urea groups is 1. The van der Waals surface area contributed by atoms with Crippen LogP contribution in [0.4, 0.5) is 38.5 Å². The number of nitriles is 1. The zero-order valence-electron chi connectivity index (χ0n) is 35.5. The first-order chi connectivity index (χ1) is 30.9. The van der Waals surface area contributed by atoms with Crippen LogP contribution < -0.4 is 21.1 Å². The summed E-state index contributed by atoms with van der Waals surface area (Å²) in [5, 5.41) is 20.2. The number of hydrogen-bond acceptors (Lipinski definition) is 11. The molecular formula is C43H46F5N11O5S. The number of nitrogens with one attached hydrogen (secondary N) is 2. The molecule has 3 aliphatic heterocycles. The molecule has 16 nitrogen and oxygen atoms in total. The summed E-state index contributed by atoms with van der Waals surface area (Å²) < 4.78 is 98.7. The summed E-state index contributed by atoms with van der Waals surface area (Å²) in [6.45, 7) is 3.17. The Hall–Kier alpha value is -6.05. The fraction of sp³-hybridized carbons (Fsp3) is 0.465. The second-order valence-corrected chi connectivity index (χ2v) is 18.9. The van der Waals surface area contributed by atoms with Crippen molar-refractivity contribution in [2.75, 3.05) is 49.5 Å². The number of amides is 3. The van der Waals surface area contributed by atoms with E-state index in [0.717, 1.165) is 33.7 Å². The standard InChI is InChI=1S/C43H46F5N11O5S/c1-25(23-56-12-7-26(8-13-56)27-4-6-33-35(20-27)59(24-43(46,47)48)54-39(33)58-16-11-36(60)52-42(58)62)17-29-18-32(5-3-28(29)21-49)65(63,64)57-14-9-31(10-15-57)51-41-50-22-30-19-34(37(44)45)40(61)55(2)38(30)53-41/h3-6,18-20,22,25-26,31,37H,7-17,23-24H2,1-2H3,(H,50,51,53)(H,52,60,62). The van der Waals surface area contributed by atoms with E-state index in [1.165, 1.54) is 34.6 Å². The minimum absolute atomic E-state index is 0.0000495. The number of piperidine rings is 2. The molecule has 2 N–H and O–H groups in total. The van der Waals surface area contributed by atoms with E-state index in [4.69, 9.17) is 0 Å². The van der Waals surface area contributed by atoms with Crippen LogP contribution in [0.1, 0.15) is 73.6 Å². The lowest BCUT2D eigenvalue weighted by Gasteiger charge is -2.34. The number of aryl methyl sites for hydroxylation is 1. The maximum Gasteiger partial charge on any atom is 0.408 e. The summed E-state index contributed by atoms with van der Waals surface area (Å²) in [5.41, 5.74) is 0.797. The van der Waals surface area contributed by atoms with Crippen molar-refractivity contribution in [1.82, 2.24) is 38.8 Å². The molecule has 0 aliphatic carbocycles. The number of carbonyl (C=O) groups excluding carboxylic acids is 2. The van der Waals surface area contributed by atoms with Crippen LogP contribution in [0, 0.1) is 17.2 Å². The molecule has 0 radical (unpaired) electrons. The quantitative estimate of drug-likeness (QED) is 0.143. The van der Waals surface area contributed by atoms with Crippen LogP contribution in [0.3, 0.4) is 0 Å². The van der Waals surface area contributed by atoms with Crippen LogP contribution in [0.25, 0.3) is 21.9 Å². The number of nitrogens with zero attached hydrogens (tertiary/aromatic N) is 9. The Balaban J connectivity index is 0.876. The van der Waals surface area contributed by atoms with Crippen LogP contribution >= 0.6 is 0 Å². The first kappa shape index (κ1) is 45.5. The van der Waals surface area contributed by atoms with Crippen molar-refractivity contribution in [1.29, 1.82) is 5.26 Å². The van der Waals surface area contributed by atoms with E-state index in [9.17, 15) is 50.0 Å². The van der Waals surface area contributed by atoms with Gasteiger partial charge in [-0.2, -0.15) is 32.8 Å². The normalized spacial score (nSPS) is 18.1. The number of hydrogen-bond donors (Lipinski definition) is 2. The van der Waals surface area contributed by atoms with E-state index in [0.29, 0.717) is 55.4 Å². The minimum Gasteiger partial charge on any atom is -0.351 e. The van der Waals surface area contributed by atoms with Gasteiger partial charge in [-0.05, 0) is 105 Å². The Morgan fingerprint density at radius 3 is 2.40 bits per heavy atom. The molecule has 3 fully saturated rings. The second-order valence-electron chi connectivity index (χ2n) is 17.0. The molecular weight excluding hydrogens is 878 g/mol. The summed E-state index contributed by atoms with van der Waals surface area (Å²) in [6, 6.07) is 12.2.